The SMILES string of the molecule is CC1CCc2c(c(-c3ccc(N(C)C)cc3)nc3ccc4ccccc4c23)C1. The molecule has 1 heterocycles. The minimum atomic E-state index is 0.710. The van der Waals surface area contributed by atoms with Crippen LogP contribution in [0.1, 0.15) is 24.5 Å². The van der Waals surface area contributed by atoms with Gasteiger partial charge in [-0.3, -0.25) is 0 Å². The van der Waals surface area contributed by atoms with Crippen molar-refractivity contribution in [3.05, 3.63) is 71.8 Å². The van der Waals surface area contributed by atoms with E-state index < -0.39 is 0 Å². The van der Waals surface area contributed by atoms with E-state index in [0.29, 0.717) is 5.92 Å². The summed E-state index contributed by atoms with van der Waals surface area (Å²) in [6, 6.07) is 22.0. The van der Waals surface area contributed by atoms with E-state index >= 15 is 0 Å². The molecule has 5 rings (SSSR count). The van der Waals surface area contributed by atoms with Crippen LogP contribution in [0.25, 0.3) is 32.9 Å². The van der Waals surface area contributed by atoms with Crippen LogP contribution in [0.3, 0.4) is 0 Å². The second kappa shape index (κ2) is 6.63. The van der Waals surface area contributed by atoms with E-state index in [1.54, 1.807) is 0 Å². The summed E-state index contributed by atoms with van der Waals surface area (Å²) < 4.78 is 0. The first-order valence-electron chi connectivity index (χ1n) is 10.2. The first-order valence-corrected chi connectivity index (χ1v) is 10.2. The molecule has 0 bridgehead atoms. The predicted molar refractivity (Wildman–Crippen MR) is 120 cm³/mol. The van der Waals surface area contributed by atoms with Crippen LogP contribution in [-0.2, 0) is 12.8 Å². The van der Waals surface area contributed by atoms with Gasteiger partial charge in [0.2, 0.25) is 0 Å². The quantitative estimate of drug-likeness (QED) is 0.390. The van der Waals surface area contributed by atoms with Gasteiger partial charge in [-0.1, -0.05) is 49.4 Å². The zero-order valence-corrected chi connectivity index (χ0v) is 16.9. The van der Waals surface area contributed by atoms with Crippen LogP contribution in [0.15, 0.2) is 60.7 Å². The standard InChI is InChI=1S/C26H26N2/c1-17-8-14-22-23(16-17)26(19-9-12-20(13-10-19)28(2)3)27-24-15-11-18-6-4-5-7-21(18)25(22)24/h4-7,9-13,15,17H,8,14,16H2,1-3H3. The number of anilines is 1. The highest BCUT2D eigenvalue weighted by Crippen LogP contribution is 2.39. The van der Waals surface area contributed by atoms with E-state index in [1.165, 1.54) is 50.7 Å². The Bertz CT molecular complexity index is 1170. The summed E-state index contributed by atoms with van der Waals surface area (Å²) in [5.74, 6) is 0.710. The third-order valence-electron chi connectivity index (χ3n) is 6.19. The van der Waals surface area contributed by atoms with Gasteiger partial charge in [-0.25, -0.2) is 4.98 Å². The zero-order chi connectivity index (χ0) is 19.3. The number of pyridine rings is 1. The van der Waals surface area contributed by atoms with Crippen LogP contribution in [0, 0.1) is 5.92 Å². The molecule has 1 unspecified atom stereocenters. The van der Waals surface area contributed by atoms with Crippen LogP contribution >= 0.6 is 0 Å². The Labute approximate surface area is 166 Å². The van der Waals surface area contributed by atoms with E-state index in [-0.39, 0.29) is 0 Å². The summed E-state index contributed by atoms with van der Waals surface area (Å²) in [5, 5.41) is 4.02. The van der Waals surface area contributed by atoms with E-state index in [1.807, 2.05) is 0 Å². The Morgan fingerprint density at radius 2 is 1.68 bits per heavy atom. The zero-order valence-electron chi connectivity index (χ0n) is 16.9. The van der Waals surface area contributed by atoms with Crippen molar-refractivity contribution in [2.24, 2.45) is 5.92 Å². The third kappa shape index (κ3) is 2.75. The van der Waals surface area contributed by atoms with Gasteiger partial charge in [0.25, 0.3) is 0 Å². The Morgan fingerprint density at radius 3 is 2.46 bits per heavy atom. The van der Waals surface area contributed by atoms with Crippen molar-refractivity contribution < 1.29 is 0 Å². The molecule has 0 spiro atoms. The third-order valence-corrected chi connectivity index (χ3v) is 6.19. The fraction of sp³-hybridized carbons (Fsp3) is 0.269. The van der Waals surface area contributed by atoms with Gasteiger partial charge in [-0.15, -0.1) is 0 Å². The lowest BCUT2D eigenvalue weighted by Crippen LogP contribution is -2.14. The van der Waals surface area contributed by atoms with Gasteiger partial charge >= 0.3 is 0 Å². The Hall–Kier alpha value is -2.87. The summed E-state index contributed by atoms with van der Waals surface area (Å²) >= 11 is 0. The van der Waals surface area contributed by atoms with Crippen LogP contribution < -0.4 is 4.90 Å². The van der Waals surface area contributed by atoms with Gasteiger partial charge in [-0.2, -0.15) is 0 Å². The molecule has 28 heavy (non-hydrogen) atoms. The average molecular weight is 367 g/mol. The van der Waals surface area contributed by atoms with E-state index in [0.717, 1.165) is 18.4 Å². The van der Waals surface area contributed by atoms with Gasteiger partial charge in [-0.05, 0) is 65.3 Å². The molecule has 2 nitrogen and oxygen atoms in total. The van der Waals surface area contributed by atoms with Crippen molar-refractivity contribution in [3.8, 4) is 11.3 Å². The molecule has 3 aromatic carbocycles. The van der Waals surface area contributed by atoms with Crippen molar-refractivity contribution >= 4 is 27.4 Å². The van der Waals surface area contributed by atoms with E-state index in [4.69, 9.17) is 4.98 Å². The molecule has 2 heteroatoms. The lowest BCUT2D eigenvalue weighted by atomic mass is 9.80. The van der Waals surface area contributed by atoms with Crippen molar-refractivity contribution in [1.29, 1.82) is 0 Å². The molecular formula is C26H26N2. The van der Waals surface area contributed by atoms with Crippen LogP contribution in [0.2, 0.25) is 0 Å². The molecule has 4 aromatic rings. The van der Waals surface area contributed by atoms with E-state index in [2.05, 4.69) is 86.6 Å². The second-order valence-corrected chi connectivity index (χ2v) is 8.39. The maximum absolute atomic E-state index is 5.20. The van der Waals surface area contributed by atoms with Crippen LogP contribution in [0.4, 0.5) is 5.69 Å². The van der Waals surface area contributed by atoms with Gasteiger partial charge in [0, 0.05) is 30.7 Å². The summed E-state index contributed by atoms with van der Waals surface area (Å²) in [7, 11) is 4.16. The topological polar surface area (TPSA) is 16.1 Å². The molecule has 140 valence electrons. The van der Waals surface area contributed by atoms with Crippen LogP contribution in [0.5, 0.6) is 0 Å². The number of aryl methyl sites for hydroxylation is 1. The molecule has 1 aliphatic rings. The van der Waals surface area contributed by atoms with Gasteiger partial charge < -0.3 is 4.90 Å². The first-order chi connectivity index (χ1) is 13.6. The molecule has 0 saturated heterocycles. The van der Waals surface area contributed by atoms with E-state index in [9.17, 15) is 0 Å². The largest absolute Gasteiger partial charge is 0.378 e. The molecule has 0 saturated carbocycles. The maximum atomic E-state index is 5.20. The Morgan fingerprint density at radius 1 is 0.893 bits per heavy atom. The molecule has 0 fully saturated rings. The highest BCUT2D eigenvalue weighted by Gasteiger charge is 2.23. The fourth-order valence-corrected chi connectivity index (χ4v) is 4.65. The van der Waals surface area contributed by atoms with Crippen LogP contribution in [-0.4, -0.2) is 19.1 Å². The molecule has 0 N–H and O–H groups in total. The summed E-state index contributed by atoms with van der Waals surface area (Å²) in [6.45, 7) is 2.37. The van der Waals surface area contributed by atoms with Gasteiger partial charge in [0.1, 0.15) is 0 Å². The first kappa shape index (κ1) is 17.2. The minimum absolute atomic E-state index is 0.710. The number of fused-ring (bicyclic) bond motifs is 5. The molecule has 1 atom stereocenters. The highest BCUT2D eigenvalue weighted by molar-refractivity contribution is 6.09. The van der Waals surface area contributed by atoms with Gasteiger partial charge in [0.05, 0.1) is 11.2 Å². The summed E-state index contributed by atoms with van der Waals surface area (Å²) in [6.07, 6.45) is 3.52. The molecule has 0 aliphatic heterocycles. The maximum Gasteiger partial charge on any atom is 0.0744 e. The number of hydrogen-bond acceptors (Lipinski definition) is 2. The molecule has 1 aromatic heterocycles. The smallest absolute Gasteiger partial charge is 0.0744 e. The second-order valence-electron chi connectivity index (χ2n) is 8.39. The Kier molecular flexibility index (Phi) is 4.08. The highest BCUT2D eigenvalue weighted by atomic mass is 15.1. The Balaban J connectivity index is 1.80. The average Bonchev–Trinajstić information content (AvgIpc) is 2.72. The molecule has 0 amide bonds. The molecule has 1 aliphatic carbocycles. The van der Waals surface area contributed by atoms with Crippen molar-refractivity contribution in [1.82, 2.24) is 4.98 Å². The number of aromatic nitrogens is 1. The predicted octanol–water partition coefficient (Wildman–Crippen LogP) is 6.25. The fourth-order valence-electron chi connectivity index (χ4n) is 4.65. The van der Waals surface area contributed by atoms with Crippen molar-refractivity contribution in [2.45, 2.75) is 26.2 Å². The lowest BCUT2D eigenvalue weighted by molar-refractivity contribution is 0.503. The lowest BCUT2D eigenvalue weighted by Gasteiger charge is -2.26. The monoisotopic (exact) mass is 366 g/mol. The van der Waals surface area contributed by atoms with Gasteiger partial charge in [0.15, 0.2) is 0 Å². The van der Waals surface area contributed by atoms with Crippen molar-refractivity contribution in [2.75, 3.05) is 19.0 Å². The summed E-state index contributed by atoms with van der Waals surface area (Å²) in [5.41, 5.74) is 7.73. The summed E-state index contributed by atoms with van der Waals surface area (Å²) in [4.78, 5) is 7.34. The number of benzene rings is 3. The number of nitrogens with zero attached hydrogens (tertiary/aromatic N) is 2. The molecular weight excluding hydrogens is 340 g/mol. The molecule has 0 radical (unpaired) electrons. The minimum Gasteiger partial charge on any atom is -0.378 e. The normalized spacial score (nSPS) is 16.3. The van der Waals surface area contributed by atoms with Crippen molar-refractivity contribution in [3.63, 3.8) is 0 Å². The number of hydrogen-bond donors (Lipinski definition) is 0. The number of rotatable bonds is 2.